The first kappa shape index (κ1) is 22.8. The highest BCUT2D eigenvalue weighted by molar-refractivity contribution is 7.98. The SMILES string of the molecule is CC(=O)Nc1ccc2c(CSc3nnc(CN4CCCC4=O)n3-c3ccccn3)cc(=O)oc2c1. The van der Waals surface area contributed by atoms with E-state index in [2.05, 4.69) is 20.5 Å². The summed E-state index contributed by atoms with van der Waals surface area (Å²) < 4.78 is 7.21. The molecule has 1 fully saturated rings. The third kappa shape index (κ3) is 4.94. The molecule has 0 unspecified atom stereocenters. The Morgan fingerprint density at radius 2 is 2.06 bits per heavy atom. The minimum absolute atomic E-state index is 0.107. The third-order valence-corrected chi connectivity index (χ3v) is 6.57. The first-order valence-corrected chi connectivity index (χ1v) is 12.1. The van der Waals surface area contributed by atoms with Gasteiger partial charge in [-0.05, 0) is 36.2 Å². The second-order valence-corrected chi connectivity index (χ2v) is 9.05. The number of carbonyl (C=O) groups is 2. The van der Waals surface area contributed by atoms with Gasteiger partial charge in [-0.15, -0.1) is 10.2 Å². The fourth-order valence-corrected chi connectivity index (χ4v) is 4.98. The second kappa shape index (κ2) is 9.71. The largest absolute Gasteiger partial charge is 0.423 e. The average Bonchev–Trinajstić information content (AvgIpc) is 3.43. The van der Waals surface area contributed by atoms with Gasteiger partial charge in [0.2, 0.25) is 11.8 Å². The van der Waals surface area contributed by atoms with Gasteiger partial charge in [0.15, 0.2) is 11.0 Å². The predicted molar refractivity (Wildman–Crippen MR) is 130 cm³/mol. The zero-order valence-electron chi connectivity index (χ0n) is 18.9. The number of hydrogen-bond donors (Lipinski definition) is 1. The minimum Gasteiger partial charge on any atom is -0.423 e. The van der Waals surface area contributed by atoms with Crippen molar-refractivity contribution in [3.05, 3.63) is 70.5 Å². The highest BCUT2D eigenvalue weighted by atomic mass is 32.2. The molecule has 3 aromatic heterocycles. The van der Waals surface area contributed by atoms with E-state index in [1.807, 2.05) is 28.8 Å². The average molecular weight is 491 g/mol. The Hall–Kier alpha value is -3.99. The van der Waals surface area contributed by atoms with E-state index in [4.69, 9.17) is 4.42 Å². The number of aromatic nitrogens is 4. The molecular weight excluding hydrogens is 468 g/mol. The lowest BCUT2D eigenvalue weighted by molar-refractivity contribution is -0.128. The number of fused-ring (bicyclic) bond motifs is 1. The van der Waals surface area contributed by atoms with Crippen molar-refractivity contribution in [1.82, 2.24) is 24.6 Å². The predicted octanol–water partition coefficient (Wildman–Crippen LogP) is 3.14. The molecule has 0 saturated carbocycles. The normalized spacial score (nSPS) is 13.5. The quantitative estimate of drug-likeness (QED) is 0.310. The maximum absolute atomic E-state index is 12.2. The zero-order valence-corrected chi connectivity index (χ0v) is 19.7. The summed E-state index contributed by atoms with van der Waals surface area (Å²) in [5, 5.41) is 12.8. The van der Waals surface area contributed by atoms with Gasteiger partial charge in [0.1, 0.15) is 11.4 Å². The molecule has 11 heteroatoms. The number of nitrogens with zero attached hydrogens (tertiary/aromatic N) is 5. The molecule has 5 rings (SSSR count). The van der Waals surface area contributed by atoms with Crippen molar-refractivity contribution >= 4 is 40.2 Å². The van der Waals surface area contributed by atoms with Crippen molar-refractivity contribution in [2.75, 3.05) is 11.9 Å². The van der Waals surface area contributed by atoms with Crippen molar-refractivity contribution in [2.45, 2.75) is 37.2 Å². The molecule has 1 aliphatic rings. The lowest BCUT2D eigenvalue weighted by Gasteiger charge is -2.16. The Morgan fingerprint density at radius 1 is 1.17 bits per heavy atom. The van der Waals surface area contributed by atoms with Gasteiger partial charge < -0.3 is 14.6 Å². The number of carbonyl (C=O) groups excluding carboxylic acids is 2. The molecule has 1 aromatic carbocycles. The number of thioether (sulfide) groups is 1. The molecule has 35 heavy (non-hydrogen) atoms. The van der Waals surface area contributed by atoms with Crippen molar-refractivity contribution in [2.24, 2.45) is 0 Å². The van der Waals surface area contributed by atoms with E-state index < -0.39 is 5.63 Å². The highest BCUT2D eigenvalue weighted by Crippen LogP contribution is 2.29. The molecule has 0 atom stereocenters. The summed E-state index contributed by atoms with van der Waals surface area (Å²) in [6.45, 7) is 2.47. The summed E-state index contributed by atoms with van der Waals surface area (Å²) in [6.07, 6.45) is 3.08. The smallest absolute Gasteiger partial charge is 0.336 e. The van der Waals surface area contributed by atoms with Crippen LogP contribution in [0.15, 0.2) is 63.0 Å². The number of pyridine rings is 1. The Balaban J connectivity index is 1.46. The van der Waals surface area contributed by atoms with Crippen LogP contribution in [0.25, 0.3) is 16.8 Å². The Labute approximate surface area is 204 Å². The number of amides is 2. The van der Waals surface area contributed by atoms with E-state index in [0.29, 0.717) is 53.3 Å². The van der Waals surface area contributed by atoms with Crippen LogP contribution < -0.4 is 10.9 Å². The Bertz CT molecular complexity index is 1470. The molecule has 1 N–H and O–H groups in total. The highest BCUT2D eigenvalue weighted by Gasteiger charge is 2.24. The van der Waals surface area contributed by atoms with Crippen LogP contribution >= 0.6 is 11.8 Å². The first-order chi connectivity index (χ1) is 17.0. The first-order valence-electron chi connectivity index (χ1n) is 11.1. The summed E-state index contributed by atoms with van der Waals surface area (Å²) in [4.78, 5) is 42.0. The van der Waals surface area contributed by atoms with Crippen molar-refractivity contribution < 1.29 is 14.0 Å². The molecule has 0 bridgehead atoms. The van der Waals surface area contributed by atoms with Crippen LogP contribution in [-0.4, -0.2) is 43.0 Å². The van der Waals surface area contributed by atoms with Gasteiger partial charge in [0.25, 0.3) is 0 Å². The molecule has 0 radical (unpaired) electrons. The van der Waals surface area contributed by atoms with E-state index >= 15 is 0 Å². The van der Waals surface area contributed by atoms with E-state index in [9.17, 15) is 14.4 Å². The number of nitrogens with one attached hydrogen (secondary N) is 1. The van der Waals surface area contributed by atoms with Gasteiger partial charge in [0, 0.05) is 55.0 Å². The molecule has 0 spiro atoms. The standard InChI is InChI=1S/C24H22N6O4S/c1-15(31)26-17-7-8-18-16(11-23(33)34-19(18)12-17)14-35-24-28-27-21(13-29-10-4-6-22(29)32)30(24)20-5-2-3-9-25-20/h2-3,5,7-9,11-12H,4,6,10,13-14H2,1H3,(H,26,31). The topological polar surface area (TPSA) is 123 Å². The van der Waals surface area contributed by atoms with Crippen LogP contribution in [-0.2, 0) is 21.9 Å². The summed E-state index contributed by atoms with van der Waals surface area (Å²) in [7, 11) is 0. The molecule has 10 nitrogen and oxygen atoms in total. The van der Waals surface area contributed by atoms with Gasteiger partial charge in [-0.1, -0.05) is 17.8 Å². The molecular formula is C24H22N6O4S. The lowest BCUT2D eigenvalue weighted by atomic mass is 10.1. The maximum Gasteiger partial charge on any atom is 0.336 e. The Morgan fingerprint density at radius 3 is 2.80 bits per heavy atom. The number of hydrogen-bond acceptors (Lipinski definition) is 8. The van der Waals surface area contributed by atoms with Crippen molar-refractivity contribution in [3.63, 3.8) is 0 Å². The summed E-state index contributed by atoms with van der Waals surface area (Å²) in [5.74, 6) is 1.60. The number of rotatable bonds is 7. The van der Waals surface area contributed by atoms with Crippen LogP contribution in [0.2, 0.25) is 0 Å². The van der Waals surface area contributed by atoms with E-state index in [0.717, 1.165) is 17.4 Å². The van der Waals surface area contributed by atoms with Crippen LogP contribution in [0.1, 0.15) is 31.2 Å². The summed E-state index contributed by atoms with van der Waals surface area (Å²) in [6, 6.07) is 12.2. The summed E-state index contributed by atoms with van der Waals surface area (Å²) >= 11 is 1.41. The van der Waals surface area contributed by atoms with Crippen molar-refractivity contribution in [3.8, 4) is 5.82 Å². The van der Waals surface area contributed by atoms with Crippen LogP contribution in [0.3, 0.4) is 0 Å². The van der Waals surface area contributed by atoms with E-state index in [-0.39, 0.29) is 11.8 Å². The number of benzene rings is 1. The van der Waals surface area contributed by atoms with Gasteiger partial charge in [-0.2, -0.15) is 0 Å². The molecule has 4 heterocycles. The minimum atomic E-state index is -0.479. The van der Waals surface area contributed by atoms with E-state index in [1.165, 1.54) is 24.8 Å². The third-order valence-electron chi connectivity index (χ3n) is 5.59. The maximum atomic E-state index is 12.2. The van der Waals surface area contributed by atoms with Crippen LogP contribution in [0, 0.1) is 0 Å². The lowest BCUT2D eigenvalue weighted by Crippen LogP contribution is -2.25. The molecule has 0 aliphatic carbocycles. The molecule has 178 valence electrons. The van der Waals surface area contributed by atoms with Gasteiger partial charge in [-0.25, -0.2) is 9.78 Å². The Kier molecular flexibility index (Phi) is 6.32. The van der Waals surface area contributed by atoms with Gasteiger partial charge in [-0.3, -0.25) is 14.2 Å². The van der Waals surface area contributed by atoms with Gasteiger partial charge in [0.05, 0.1) is 6.54 Å². The number of anilines is 1. The zero-order chi connectivity index (χ0) is 24.4. The molecule has 2 amide bonds. The van der Waals surface area contributed by atoms with Crippen LogP contribution in [0.5, 0.6) is 0 Å². The summed E-state index contributed by atoms with van der Waals surface area (Å²) in [5.41, 5.74) is 1.22. The molecule has 1 saturated heterocycles. The van der Waals surface area contributed by atoms with E-state index in [1.54, 1.807) is 23.2 Å². The van der Waals surface area contributed by atoms with Gasteiger partial charge >= 0.3 is 5.63 Å². The second-order valence-electron chi connectivity index (χ2n) is 8.11. The van der Waals surface area contributed by atoms with Crippen molar-refractivity contribution in [1.29, 1.82) is 0 Å². The molecule has 4 aromatic rings. The fourth-order valence-electron chi connectivity index (χ4n) is 4.03. The number of likely N-dealkylation sites (tertiary alicyclic amines) is 1. The molecule has 1 aliphatic heterocycles. The fraction of sp³-hybridized carbons (Fsp3) is 0.250. The van der Waals surface area contributed by atoms with Crippen LogP contribution in [0.4, 0.5) is 5.69 Å². The monoisotopic (exact) mass is 490 g/mol.